The second kappa shape index (κ2) is 4.84. The number of rotatable bonds is 3. The Morgan fingerprint density at radius 1 is 1.27 bits per heavy atom. The maximum Gasteiger partial charge on any atom is 0.0656 e. The van der Waals surface area contributed by atoms with E-state index in [2.05, 4.69) is 39.5 Å². The van der Waals surface area contributed by atoms with E-state index in [1.165, 1.54) is 19.4 Å². The second-order valence-corrected chi connectivity index (χ2v) is 5.67. The first kappa shape index (κ1) is 13.0. The summed E-state index contributed by atoms with van der Waals surface area (Å²) < 4.78 is 5.74. The number of morpholine rings is 1. The summed E-state index contributed by atoms with van der Waals surface area (Å²) in [5.41, 5.74) is 0.526. The minimum atomic E-state index is 0.237. The van der Waals surface area contributed by atoms with Gasteiger partial charge in [-0.2, -0.15) is 0 Å². The third-order valence-electron chi connectivity index (χ3n) is 3.93. The van der Waals surface area contributed by atoms with Crippen LogP contribution in [0.15, 0.2) is 0 Å². The Morgan fingerprint density at radius 2 is 1.93 bits per heavy atom. The topological polar surface area (TPSA) is 12.5 Å². The predicted octanol–water partition coefficient (Wildman–Crippen LogP) is 2.92. The highest BCUT2D eigenvalue weighted by Crippen LogP contribution is 2.40. The first-order valence-electron chi connectivity index (χ1n) is 6.30. The molecule has 1 aliphatic heterocycles. The van der Waals surface area contributed by atoms with Gasteiger partial charge in [-0.3, -0.25) is 4.90 Å². The molecular formula is C13H27NO. The molecule has 1 rings (SSSR count). The van der Waals surface area contributed by atoms with Gasteiger partial charge in [0.05, 0.1) is 13.2 Å². The van der Waals surface area contributed by atoms with Crippen molar-refractivity contribution < 1.29 is 4.74 Å². The minimum Gasteiger partial charge on any atom is -0.378 e. The molecular weight excluding hydrogens is 186 g/mol. The van der Waals surface area contributed by atoms with Gasteiger partial charge in [-0.1, -0.05) is 34.6 Å². The molecule has 2 heteroatoms. The smallest absolute Gasteiger partial charge is 0.0656 e. The van der Waals surface area contributed by atoms with Crippen LogP contribution in [-0.4, -0.2) is 36.7 Å². The number of nitrogens with zero attached hydrogens (tertiary/aromatic N) is 1. The summed E-state index contributed by atoms with van der Waals surface area (Å²) in [4.78, 5) is 2.65. The molecule has 0 spiro atoms. The van der Waals surface area contributed by atoms with E-state index >= 15 is 0 Å². The lowest BCUT2D eigenvalue weighted by Gasteiger charge is -2.54. The Morgan fingerprint density at radius 3 is 2.40 bits per heavy atom. The quantitative estimate of drug-likeness (QED) is 0.714. The largest absolute Gasteiger partial charge is 0.378 e. The molecule has 0 aromatic carbocycles. The number of hydrogen-bond acceptors (Lipinski definition) is 2. The Hall–Kier alpha value is -0.0800. The van der Waals surface area contributed by atoms with E-state index in [9.17, 15) is 0 Å². The molecule has 0 amide bonds. The fourth-order valence-electron chi connectivity index (χ4n) is 2.86. The van der Waals surface area contributed by atoms with Crippen molar-refractivity contribution in [1.29, 1.82) is 0 Å². The maximum absolute atomic E-state index is 5.74. The van der Waals surface area contributed by atoms with Crippen LogP contribution < -0.4 is 0 Å². The van der Waals surface area contributed by atoms with Crippen LogP contribution in [-0.2, 0) is 4.74 Å². The summed E-state index contributed by atoms with van der Waals surface area (Å²) in [6.07, 6.45) is 2.41. The number of ether oxygens (including phenoxy) is 1. The van der Waals surface area contributed by atoms with Gasteiger partial charge in [-0.15, -0.1) is 0 Å². The highest BCUT2D eigenvalue weighted by atomic mass is 16.5. The monoisotopic (exact) mass is 213 g/mol. The molecule has 0 aromatic rings. The molecule has 1 aliphatic rings. The van der Waals surface area contributed by atoms with Gasteiger partial charge in [0.1, 0.15) is 0 Å². The van der Waals surface area contributed by atoms with E-state index in [1.807, 2.05) is 0 Å². The summed E-state index contributed by atoms with van der Waals surface area (Å²) in [6.45, 7) is 15.7. The van der Waals surface area contributed by atoms with E-state index in [0.29, 0.717) is 0 Å². The molecule has 0 radical (unpaired) electrons. The molecule has 0 saturated carbocycles. The van der Waals surface area contributed by atoms with Gasteiger partial charge in [0, 0.05) is 12.1 Å². The summed E-state index contributed by atoms with van der Waals surface area (Å²) in [6, 6.07) is 0. The summed E-state index contributed by atoms with van der Waals surface area (Å²) in [7, 11) is 0. The van der Waals surface area contributed by atoms with Crippen molar-refractivity contribution in [3.05, 3.63) is 0 Å². The van der Waals surface area contributed by atoms with Crippen molar-refractivity contribution >= 4 is 0 Å². The Balaban J connectivity index is 2.90. The van der Waals surface area contributed by atoms with Gasteiger partial charge >= 0.3 is 0 Å². The minimum absolute atomic E-state index is 0.237. The van der Waals surface area contributed by atoms with Crippen LogP contribution in [0.5, 0.6) is 0 Å². The van der Waals surface area contributed by atoms with Crippen molar-refractivity contribution in [3.8, 4) is 0 Å². The fourth-order valence-corrected chi connectivity index (χ4v) is 2.86. The Labute approximate surface area is 95.0 Å². The van der Waals surface area contributed by atoms with E-state index in [0.717, 1.165) is 19.8 Å². The molecule has 0 aromatic heterocycles. The van der Waals surface area contributed by atoms with Crippen LogP contribution in [0, 0.1) is 5.41 Å². The molecule has 1 fully saturated rings. The summed E-state index contributed by atoms with van der Waals surface area (Å²) in [5.74, 6) is 0. The van der Waals surface area contributed by atoms with Crippen LogP contribution in [0.2, 0.25) is 0 Å². The molecule has 1 unspecified atom stereocenters. The van der Waals surface area contributed by atoms with E-state index in [4.69, 9.17) is 4.74 Å². The van der Waals surface area contributed by atoms with Gasteiger partial charge in [0.15, 0.2) is 0 Å². The van der Waals surface area contributed by atoms with E-state index in [-0.39, 0.29) is 11.0 Å². The zero-order valence-electron chi connectivity index (χ0n) is 11.1. The van der Waals surface area contributed by atoms with Crippen molar-refractivity contribution in [3.63, 3.8) is 0 Å². The third-order valence-corrected chi connectivity index (χ3v) is 3.93. The molecule has 0 N–H and O–H groups in total. The molecule has 1 heterocycles. The van der Waals surface area contributed by atoms with Gasteiger partial charge in [0.25, 0.3) is 0 Å². The first-order valence-corrected chi connectivity index (χ1v) is 6.30. The molecule has 0 aliphatic carbocycles. The van der Waals surface area contributed by atoms with Crippen LogP contribution in [0.1, 0.15) is 47.5 Å². The molecule has 1 atom stereocenters. The molecule has 90 valence electrons. The lowest BCUT2D eigenvalue weighted by Crippen LogP contribution is -2.63. The van der Waals surface area contributed by atoms with Crippen LogP contribution in [0.3, 0.4) is 0 Å². The standard InChI is InChI=1S/C13H27NO/c1-6-8-14-9-10-15-11-13(14,7-2)12(3,4)5/h6-11H2,1-5H3. The van der Waals surface area contributed by atoms with Crippen molar-refractivity contribution in [2.75, 3.05) is 26.3 Å². The first-order chi connectivity index (χ1) is 6.98. The summed E-state index contributed by atoms with van der Waals surface area (Å²) >= 11 is 0. The van der Waals surface area contributed by atoms with Crippen LogP contribution in [0.25, 0.3) is 0 Å². The fraction of sp³-hybridized carbons (Fsp3) is 1.00. The third kappa shape index (κ3) is 2.36. The number of hydrogen-bond donors (Lipinski definition) is 0. The normalized spacial score (nSPS) is 29.4. The van der Waals surface area contributed by atoms with Crippen molar-refractivity contribution in [2.45, 2.75) is 53.0 Å². The lowest BCUT2D eigenvalue weighted by molar-refractivity contribution is -0.121. The van der Waals surface area contributed by atoms with Gasteiger partial charge in [-0.05, 0) is 24.8 Å². The van der Waals surface area contributed by atoms with E-state index < -0.39 is 0 Å². The van der Waals surface area contributed by atoms with Crippen molar-refractivity contribution in [1.82, 2.24) is 4.90 Å². The zero-order valence-corrected chi connectivity index (χ0v) is 11.1. The molecule has 2 nitrogen and oxygen atoms in total. The zero-order chi connectivity index (χ0) is 11.5. The average molecular weight is 213 g/mol. The SMILES string of the molecule is CCCN1CCOCC1(CC)C(C)(C)C. The Kier molecular flexibility index (Phi) is 4.19. The Bertz CT molecular complexity index is 195. The van der Waals surface area contributed by atoms with Crippen LogP contribution >= 0.6 is 0 Å². The highest BCUT2D eigenvalue weighted by Gasteiger charge is 2.46. The average Bonchev–Trinajstić information content (AvgIpc) is 2.17. The van der Waals surface area contributed by atoms with Crippen molar-refractivity contribution in [2.24, 2.45) is 5.41 Å². The van der Waals surface area contributed by atoms with Gasteiger partial charge < -0.3 is 4.74 Å². The predicted molar refractivity (Wildman–Crippen MR) is 65.2 cm³/mol. The van der Waals surface area contributed by atoms with Gasteiger partial charge in [-0.25, -0.2) is 0 Å². The van der Waals surface area contributed by atoms with Gasteiger partial charge in [0.2, 0.25) is 0 Å². The second-order valence-electron chi connectivity index (χ2n) is 5.67. The molecule has 1 saturated heterocycles. The molecule has 0 bridgehead atoms. The maximum atomic E-state index is 5.74. The highest BCUT2D eigenvalue weighted by molar-refractivity contribution is 5.00. The van der Waals surface area contributed by atoms with E-state index in [1.54, 1.807) is 0 Å². The summed E-state index contributed by atoms with van der Waals surface area (Å²) in [5, 5.41) is 0. The lowest BCUT2D eigenvalue weighted by atomic mass is 9.70. The molecule has 15 heavy (non-hydrogen) atoms. The van der Waals surface area contributed by atoms with Crippen LogP contribution in [0.4, 0.5) is 0 Å².